The molecule has 0 saturated carbocycles. The van der Waals surface area contributed by atoms with E-state index in [9.17, 15) is 23.1 Å². The molecule has 7 nitrogen and oxygen atoms in total. The third-order valence-corrected chi connectivity index (χ3v) is 7.56. The second-order valence-corrected chi connectivity index (χ2v) is 12.1. The predicted octanol–water partition coefficient (Wildman–Crippen LogP) is 5.73. The minimum absolute atomic E-state index is 0.0535. The fourth-order valence-electron chi connectivity index (χ4n) is 4.40. The first-order chi connectivity index (χ1) is 18.6. The van der Waals surface area contributed by atoms with Crippen molar-refractivity contribution in [2.75, 3.05) is 12.0 Å². The Labute approximate surface area is 231 Å². The molecule has 0 heterocycles. The molecule has 208 valence electrons. The van der Waals surface area contributed by atoms with Crippen LogP contribution in [0.2, 0.25) is 0 Å². The van der Waals surface area contributed by atoms with Crippen molar-refractivity contribution in [1.29, 1.82) is 0 Å². The van der Waals surface area contributed by atoms with Crippen LogP contribution in [0.25, 0.3) is 11.1 Å². The highest BCUT2D eigenvalue weighted by Crippen LogP contribution is 2.30. The van der Waals surface area contributed by atoms with Crippen LogP contribution in [0.3, 0.4) is 0 Å². The standard InChI is InChI=1S/C31H37NO6S/c1-4-5-15-29(24-12-7-6-8-13-24)38-21-23-16-17-26(27(20-23)25-14-10-9-11-22(25)2)30(33)32-28(31(34)35)18-19-39(3,36)37/h6-14,16-17,20,28-29H,4-5,15,18-19,21H2,1-3H3,(H,32,33)(H,34,35)/t28-,29-/m0/s1. The van der Waals surface area contributed by atoms with Crippen molar-refractivity contribution in [2.45, 2.75) is 58.3 Å². The van der Waals surface area contributed by atoms with Gasteiger partial charge in [-0.25, -0.2) is 13.2 Å². The number of carbonyl (C=O) groups is 2. The summed E-state index contributed by atoms with van der Waals surface area (Å²) in [5, 5.41) is 12.1. The van der Waals surface area contributed by atoms with E-state index in [0.29, 0.717) is 17.7 Å². The zero-order valence-corrected chi connectivity index (χ0v) is 23.5. The lowest BCUT2D eigenvalue weighted by atomic mass is 9.93. The van der Waals surface area contributed by atoms with Crippen molar-refractivity contribution in [3.8, 4) is 11.1 Å². The highest BCUT2D eigenvalue weighted by Gasteiger charge is 2.24. The Hall–Kier alpha value is -3.49. The second-order valence-electron chi connectivity index (χ2n) is 9.83. The summed E-state index contributed by atoms with van der Waals surface area (Å²) in [6.07, 6.45) is 3.77. The van der Waals surface area contributed by atoms with Gasteiger partial charge in [-0.15, -0.1) is 0 Å². The number of carbonyl (C=O) groups excluding carboxylic acids is 1. The van der Waals surface area contributed by atoms with Gasteiger partial charge in [0, 0.05) is 11.8 Å². The molecule has 0 unspecified atom stereocenters. The Kier molecular flexibility index (Phi) is 10.8. The first-order valence-corrected chi connectivity index (χ1v) is 15.2. The summed E-state index contributed by atoms with van der Waals surface area (Å²) < 4.78 is 29.5. The number of unbranched alkanes of at least 4 members (excludes halogenated alkanes) is 1. The van der Waals surface area contributed by atoms with E-state index in [1.54, 1.807) is 6.07 Å². The van der Waals surface area contributed by atoms with Gasteiger partial charge in [0.15, 0.2) is 0 Å². The summed E-state index contributed by atoms with van der Waals surface area (Å²) in [6, 6.07) is 21.8. The Morgan fingerprint density at radius 2 is 1.64 bits per heavy atom. The lowest BCUT2D eigenvalue weighted by molar-refractivity contribution is -0.139. The van der Waals surface area contributed by atoms with Crippen molar-refractivity contribution in [2.24, 2.45) is 0 Å². The van der Waals surface area contributed by atoms with E-state index in [-0.39, 0.29) is 18.3 Å². The van der Waals surface area contributed by atoms with Crippen molar-refractivity contribution in [1.82, 2.24) is 5.32 Å². The Balaban J connectivity index is 1.90. The molecular formula is C31H37NO6S. The molecule has 0 aliphatic carbocycles. The van der Waals surface area contributed by atoms with Gasteiger partial charge in [0.05, 0.1) is 18.5 Å². The molecule has 0 radical (unpaired) electrons. The third-order valence-electron chi connectivity index (χ3n) is 6.59. The van der Waals surface area contributed by atoms with Gasteiger partial charge in [-0.05, 0) is 59.7 Å². The molecule has 0 bridgehead atoms. The molecule has 0 aromatic heterocycles. The molecule has 2 N–H and O–H groups in total. The number of hydrogen-bond donors (Lipinski definition) is 2. The smallest absolute Gasteiger partial charge is 0.326 e. The van der Waals surface area contributed by atoms with E-state index < -0.39 is 27.8 Å². The van der Waals surface area contributed by atoms with Gasteiger partial charge >= 0.3 is 5.97 Å². The van der Waals surface area contributed by atoms with Crippen LogP contribution in [0, 0.1) is 6.92 Å². The predicted molar refractivity (Wildman–Crippen MR) is 153 cm³/mol. The number of aryl methyl sites for hydroxylation is 1. The quantitative estimate of drug-likeness (QED) is 0.265. The molecule has 3 aromatic carbocycles. The molecule has 0 fully saturated rings. The largest absolute Gasteiger partial charge is 0.480 e. The maximum Gasteiger partial charge on any atom is 0.326 e. The lowest BCUT2D eigenvalue weighted by Gasteiger charge is -2.20. The SMILES string of the molecule is CCCC[C@H](OCc1ccc(C(=O)N[C@@H](CCS(C)(=O)=O)C(=O)O)c(-c2ccccc2C)c1)c1ccccc1. The van der Waals surface area contributed by atoms with Gasteiger partial charge in [-0.2, -0.15) is 0 Å². The fourth-order valence-corrected chi connectivity index (χ4v) is 5.07. The van der Waals surface area contributed by atoms with Gasteiger partial charge in [0.25, 0.3) is 5.91 Å². The van der Waals surface area contributed by atoms with Gasteiger partial charge in [0.2, 0.25) is 0 Å². The van der Waals surface area contributed by atoms with Gasteiger partial charge in [-0.3, -0.25) is 4.79 Å². The van der Waals surface area contributed by atoms with Crippen molar-refractivity contribution in [3.05, 3.63) is 95.1 Å². The summed E-state index contributed by atoms with van der Waals surface area (Å²) in [5.41, 5.74) is 4.77. The number of nitrogens with one attached hydrogen (secondary N) is 1. The number of ether oxygens (including phenoxy) is 1. The summed E-state index contributed by atoms with van der Waals surface area (Å²) in [5.74, 6) is -2.20. The zero-order chi connectivity index (χ0) is 28.4. The highest BCUT2D eigenvalue weighted by molar-refractivity contribution is 7.90. The monoisotopic (exact) mass is 551 g/mol. The highest BCUT2D eigenvalue weighted by atomic mass is 32.2. The van der Waals surface area contributed by atoms with Crippen LogP contribution in [0.4, 0.5) is 0 Å². The molecule has 3 rings (SSSR count). The van der Waals surface area contributed by atoms with E-state index in [1.807, 2.05) is 61.5 Å². The number of carboxylic acids is 1. The molecule has 0 aliphatic heterocycles. The van der Waals surface area contributed by atoms with E-state index >= 15 is 0 Å². The first-order valence-electron chi connectivity index (χ1n) is 13.2. The van der Waals surface area contributed by atoms with Gasteiger partial charge in [-0.1, -0.05) is 80.4 Å². The van der Waals surface area contributed by atoms with Crippen molar-refractivity contribution < 1.29 is 27.9 Å². The molecule has 2 atom stereocenters. The van der Waals surface area contributed by atoms with Gasteiger partial charge in [0.1, 0.15) is 15.9 Å². The number of sulfone groups is 1. The van der Waals surface area contributed by atoms with E-state index in [4.69, 9.17) is 4.74 Å². The van der Waals surface area contributed by atoms with Crippen LogP contribution in [-0.4, -0.2) is 43.5 Å². The summed E-state index contributed by atoms with van der Waals surface area (Å²) in [4.78, 5) is 25.1. The lowest BCUT2D eigenvalue weighted by Crippen LogP contribution is -2.42. The number of carboxylic acid groups (broad SMARTS) is 1. The van der Waals surface area contributed by atoms with E-state index in [1.165, 1.54) is 0 Å². The van der Waals surface area contributed by atoms with Crippen LogP contribution in [0.15, 0.2) is 72.8 Å². The van der Waals surface area contributed by atoms with Gasteiger partial charge < -0.3 is 15.2 Å². The Bertz CT molecular complexity index is 1370. The number of amides is 1. The normalized spacial score (nSPS) is 13.0. The minimum Gasteiger partial charge on any atom is -0.480 e. The molecular weight excluding hydrogens is 514 g/mol. The number of hydrogen-bond acceptors (Lipinski definition) is 5. The van der Waals surface area contributed by atoms with Crippen LogP contribution in [0.5, 0.6) is 0 Å². The van der Waals surface area contributed by atoms with Crippen LogP contribution >= 0.6 is 0 Å². The van der Waals surface area contributed by atoms with Crippen molar-refractivity contribution in [3.63, 3.8) is 0 Å². The minimum atomic E-state index is -3.38. The fraction of sp³-hybridized carbons (Fsp3) is 0.355. The maximum atomic E-state index is 13.3. The van der Waals surface area contributed by atoms with Crippen LogP contribution in [-0.2, 0) is 26.0 Å². The Morgan fingerprint density at radius 3 is 2.28 bits per heavy atom. The molecule has 3 aromatic rings. The zero-order valence-electron chi connectivity index (χ0n) is 22.7. The molecule has 39 heavy (non-hydrogen) atoms. The first kappa shape index (κ1) is 30.1. The topological polar surface area (TPSA) is 110 Å². The van der Waals surface area contributed by atoms with E-state index in [0.717, 1.165) is 47.8 Å². The number of rotatable bonds is 14. The second kappa shape index (κ2) is 14.1. The van der Waals surface area contributed by atoms with E-state index in [2.05, 4.69) is 24.4 Å². The number of benzene rings is 3. The third kappa shape index (κ3) is 9.04. The Morgan fingerprint density at radius 1 is 0.949 bits per heavy atom. The summed E-state index contributed by atoms with van der Waals surface area (Å²) >= 11 is 0. The molecule has 1 amide bonds. The maximum absolute atomic E-state index is 13.3. The van der Waals surface area contributed by atoms with Crippen molar-refractivity contribution >= 4 is 21.7 Å². The molecule has 0 saturated heterocycles. The van der Waals surface area contributed by atoms with Crippen LogP contribution in [0.1, 0.15) is 65.8 Å². The summed E-state index contributed by atoms with van der Waals surface area (Å²) in [6.45, 7) is 4.44. The summed E-state index contributed by atoms with van der Waals surface area (Å²) in [7, 11) is -3.38. The molecule has 8 heteroatoms. The molecule has 0 spiro atoms. The average molecular weight is 552 g/mol. The van der Waals surface area contributed by atoms with Crippen LogP contribution < -0.4 is 5.32 Å². The molecule has 0 aliphatic rings. The average Bonchev–Trinajstić information content (AvgIpc) is 2.91. The number of aliphatic carboxylic acids is 1.